The van der Waals surface area contributed by atoms with Crippen LogP contribution in [0.15, 0.2) is 23.3 Å². The first-order valence-corrected chi connectivity index (χ1v) is 4.71. The van der Waals surface area contributed by atoms with Gasteiger partial charge in [-0.2, -0.15) is 0 Å². The third-order valence-electron chi connectivity index (χ3n) is 1.74. The Hall–Kier alpha value is -1.87. The van der Waals surface area contributed by atoms with Crippen LogP contribution in [0.2, 0.25) is 0 Å². The normalized spacial score (nSPS) is 9.80. The van der Waals surface area contributed by atoms with Crippen LogP contribution < -0.4 is 10.5 Å². The van der Waals surface area contributed by atoms with Gasteiger partial charge in [-0.3, -0.25) is 0 Å². The fourth-order valence-electron chi connectivity index (χ4n) is 1.01. The van der Waals surface area contributed by atoms with E-state index in [4.69, 9.17) is 16.0 Å². The summed E-state index contributed by atoms with van der Waals surface area (Å²) in [6.07, 6.45) is 0. The van der Waals surface area contributed by atoms with Crippen LogP contribution in [0.5, 0.6) is 5.75 Å². The molecular formula is C10H14N4O. The van der Waals surface area contributed by atoms with Gasteiger partial charge in [-0.1, -0.05) is 19.0 Å². The number of benzene rings is 1. The molecule has 1 aromatic rings. The summed E-state index contributed by atoms with van der Waals surface area (Å²) >= 11 is 0. The molecule has 0 aromatic heterocycles. The van der Waals surface area contributed by atoms with Crippen LogP contribution in [0.3, 0.4) is 0 Å². The van der Waals surface area contributed by atoms with Crippen molar-refractivity contribution in [2.45, 2.75) is 13.8 Å². The van der Waals surface area contributed by atoms with Gasteiger partial charge in [0.05, 0.1) is 12.3 Å². The van der Waals surface area contributed by atoms with E-state index in [1.165, 1.54) is 0 Å². The Morgan fingerprint density at radius 2 is 2.27 bits per heavy atom. The second-order valence-corrected chi connectivity index (χ2v) is 3.61. The van der Waals surface area contributed by atoms with E-state index < -0.39 is 0 Å². The number of nitrogen functional groups attached to an aromatic ring is 1. The van der Waals surface area contributed by atoms with Gasteiger partial charge in [0.15, 0.2) is 0 Å². The third kappa shape index (κ3) is 3.40. The molecule has 1 aromatic carbocycles. The molecule has 0 aliphatic rings. The van der Waals surface area contributed by atoms with Gasteiger partial charge in [-0.25, -0.2) is 0 Å². The molecule has 0 saturated carbocycles. The molecule has 1 rings (SSSR count). The minimum absolute atomic E-state index is 0.402. The smallest absolute Gasteiger partial charge is 0.119 e. The maximum absolute atomic E-state index is 8.32. The zero-order chi connectivity index (χ0) is 11.3. The van der Waals surface area contributed by atoms with Crippen LogP contribution in [0.4, 0.5) is 11.4 Å². The molecule has 0 saturated heterocycles. The van der Waals surface area contributed by atoms with Crippen molar-refractivity contribution in [3.8, 4) is 5.75 Å². The highest BCUT2D eigenvalue weighted by Gasteiger charge is 2.01. The van der Waals surface area contributed by atoms with Crippen molar-refractivity contribution >= 4 is 11.4 Å². The first-order valence-electron chi connectivity index (χ1n) is 4.71. The topological polar surface area (TPSA) is 84.0 Å². The summed E-state index contributed by atoms with van der Waals surface area (Å²) in [5.41, 5.74) is 14.8. The van der Waals surface area contributed by atoms with Crippen LogP contribution in [0, 0.1) is 5.92 Å². The Kier molecular flexibility index (Phi) is 3.83. The van der Waals surface area contributed by atoms with Gasteiger partial charge in [0.1, 0.15) is 5.75 Å². The second-order valence-electron chi connectivity index (χ2n) is 3.61. The summed E-state index contributed by atoms with van der Waals surface area (Å²) in [6, 6.07) is 5.06. The molecule has 0 amide bonds. The van der Waals surface area contributed by atoms with Gasteiger partial charge in [-0.05, 0) is 29.6 Å². The number of rotatable bonds is 4. The molecule has 5 heteroatoms. The van der Waals surface area contributed by atoms with E-state index >= 15 is 0 Å². The SMILES string of the molecule is CC(C)COc1ccc(N)c(N=[N+]=[N-])c1. The van der Waals surface area contributed by atoms with Crippen molar-refractivity contribution in [2.75, 3.05) is 12.3 Å². The van der Waals surface area contributed by atoms with Gasteiger partial charge >= 0.3 is 0 Å². The Labute approximate surface area is 88.5 Å². The number of hydrogen-bond acceptors (Lipinski definition) is 3. The monoisotopic (exact) mass is 206 g/mol. The van der Waals surface area contributed by atoms with E-state index in [2.05, 4.69) is 23.9 Å². The zero-order valence-corrected chi connectivity index (χ0v) is 8.84. The predicted octanol–water partition coefficient (Wildman–Crippen LogP) is 3.25. The Morgan fingerprint density at radius 1 is 1.53 bits per heavy atom. The molecule has 15 heavy (non-hydrogen) atoms. The first kappa shape index (κ1) is 11.2. The summed E-state index contributed by atoms with van der Waals surface area (Å²) in [5.74, 6) is 1.12. The van der Waals surface area contributed by atoms with Crippen molar-refractivity contribution in [3.05, 3.63) is 28.6 Å². The van der Waals surface area contributed by atoms with Gasteiger partial charge in [0.2, 0.25) is 0 Å². The molecule has 0 bridgehead atoms. The van der Waals surface area contributed by atoms with Crippen LogP contribution in [0.1, 0.15) is 13.8 Å². The lowest BCUT2D eigenvalue weighted by atomic mass is 10.2. The number of azide groups is 1. The van der Waals surface area contributed by atoms with Crippen molar-refractivity contribution in [2.24, 2.45) is 11.0 Å². The average Bonchev–Trinajstić information content (AvgIpc) is 2.19. The largest absolute Gasteiger partial charge is 0.493 e. The summed E-state index contributed by atoms with van der Waals surface area (Å²) in [7, 11) is 0. The van der Waals surface area contributed by atoms with Crippen molar-refractivity contribution in [1.29, 1.82) is 0 Å². The quantitative estimate of drug-likeness (QED) is 0.355. The first-order chi connectivity index (χ1) is 7.13. The molecule has 5 nitrogen and oxygen atoms in total. The third-order valence-corrected chi connectivity index (χ3v) is 1.74. The maximum atomic E-state index is 8.32. The summed E-state index contributed by atoms with van der Waals surface area (Å²) < 4.78 is 5.47. The van der Waals surface area contributed by atoms with Gasteiger partial charge in [0.25, 0.3) is 0 Å². The molecule has 2 N–H and O–H groups in total. The fraction of sp³-hybridized carbons (Fsp3) is 0.400. The standard InChI is InChI=1S/C10H14N4O/c1-7(2)6-15-8-3-4-9(11)10(5-8)13-14-12/h3-5,7H,6,11H2,1-2H3. The van der Waals surface area contributed by atoms with Crippen LogP contribution in [-0.2, 0) is 0 Å². The Balaban J connectivity index is 2.82. The number of ether oxygens (including phenoxy) is 1. The summed E-state index contributed by atoms with van der Waals surface area (Å²) in [5, 5.41) is 3.47. The number of nitrogens with zero attached hydrogens (tertiary/aromatic N) is 3. The summed E-state index contributed by atoms with van der Waals surface area (Å²) in [6.45, 7) is 4.75. The van der Waals surface area contributed by atoms with Gasteiger partial charge < -0.3 is 10.5 Å². The average molecular weight is 206 g/mol. The molecule has 0 radical (unpaired) electrons. The van der Waals surface area contributed by atoms with Crippen molar-refractivity contribution in [3.63, 3.8) is 0 Å². The highest BCUT2D eigenvalue weighted by molar-refractivity contribution is 5.64. The van der Waals surface area contributed by atoms with E-state index in [1.807, 2.05) is 0 Å². The van der Waals surface area contributed by atoms with Crippen LogP contribution in [0.25, 0.3) is 10.4 Å². The van der Waals surface area contributed by atoms with Crippen molar-refractivity contribution in [1.82, 2.24) is 0 Å². The Morgan fingerprint density at radius 3 is 2.87 bits per heavy atom. The molecular weight excluding hydrogens is 192 g/mol. The molecule has 0 spiro atoms. The van der Waals surface area contributed by atoms with E-state index in [1.54, 1.807) is 18.2 Å². The zero-order valence-electron chi connectivity index (χ0n) is 8.84. The van der Waals surface area contributed by atoms with Crippen LogP contribution >= 0.6 is 0 Å². The number of anilines is 1. The van der Waals surface area contributed by atoms with E-state index in [9.17, 15) is 0 Å². The minimum Gasteiger partial charge on any atom is -0.493 e. The Bertz CT molecular complexity index is 383. The molecule has 0 unspecified atom stereocenters. The minimum atomic E-state index is 0.402. The lowest BCUT2D eigenvalue weighted by molar-refractivity contribution is 0.271. The highest BCUT2D eigenvalue weighted by Crippen LogP contribution is 2.27. The van der Waals surface area contributed by atoms with Gasteiger partial charge in [0, 0.05) is 10.6 Å². The van der Waals surface area contributed by atoms with E-state index in [-0.39, 0.29) is 0 Å². The van der Waals surface area contributed by atoms with Crippen molar-refractivity contribution < 1.29 is 4.74 Å². The molecule has 0 aliphatic carbocycles. The lowest BCUT2D eigenvalue weighted by Gasteiger charge is -2.09. The second kappa shape index (κ2) is 5.12. The fourth-order valence-corrected chi connectivity index (χ4v) is 1.01. The molecule has 0 heterocycles. The van der Waals surface area contributed by atoms with E-state index in [0.29, 0.717) is 29.6 Å². The molecule has 0 aliphatic heterocycles. The molecule has 0 fully saturated rings. The lowest BCUT2D eigenvalue weighted by Crippen LogP contribution is -2.04. The summed E-state index contributed by atoms with van der Waals surface area (Å²) in [4.78, 5) is 2.69. The molecule has 80 valence electrons. The van der Waals surface area contributed by atoms with Crippen LogP contribution in [-0.4, -0.2) is 6.61 Å². The van der Waals surface area contributed by atoms with Gasteiger partial charge in [-0.15, -0.1) is 0 Å². The highest BCUT2D eigenvalue weighted by atomic mass is 16.5. The van der Waals surface area contributed by atoms with E-state index in [0.717, 1.165) is 0 Å². The maximum Gasteiger partial charge on any atom is 0.119 e. The number of nitrogens with two attached hydrogens (primary N) is 1. The predicted molar refractivity (Wildman–Crippen MR) is 60.0 cm³/mol. The number of hydrogen-bond donors (Lipinski definition) is 1. The molecule has 0 atom stereocenters.